The quantitative estimate of drug-likeness (QED) is 0.294. The average Bonchev–Trinajstić information content (AvgIpc) is 2.92. The maximum absolute atomic E-state index is 12.9. The number of carbonyl (C=O) groups excluding carboxylic acids is 2. The normalized spacial score (nSPS) is 17.3. The van der Waals surface area contributed by atoms with Crippen LogP contribution in [0, 0.1) is 0 Å². The first-order valence-electron chi connectivity index (χ1n) is 8.62. The van der Waals surface area contributed by atoms with Crippen LogP contribution in [0.5, 0.6) is 0 Å². The van der Waals surface area contributed by atoms with Crippen molar-refractivity contribution in [3.8, 4) is 0 Å². The second kappa shape index (κ2) is 8.31. The Labute approximate surface area is 152 Å². The van der Waals surface area contributed by atoms with Gasteiger partial charge in [-0.15, -0.1) is 4.67 Å². The van der Waals surface area contributed by atoms with Gasteiger partial charge in [-0.25, -0.2) is 9.68 Å². The van der Waals surface area contributed by atoms with Gasteiger partial charge in [-0.05, 0) is 30.9 Å². The summed E-state index contributed by atoms with van der Waals surface area (Å²) in [4.78, 5) is 39.8. The predicted octanol–water partition coefficient (Wildman–Crippen LogP) is 2.91. The van der Waals surface area contributed by atoms with Gasteiger partial charge in [-0.3, -0.25) is 14.7 Å². The van der Waals surface area contributed by atoms with Gasteiger partial charge in [0.25, 0.3) is 0 Å². The van der Waals surface area contributed by atoms with E-state index < -0.39 is 18.8 Å². The molecule has 0 aliphatic carbocycles. The lowest BCUT2D eigenvalue weighted by atomic mass is 9.91. The fourth-order valence-corrected chi connectivity index (χ4v) is 4.86. The SMILES string of the molecule is CCOOP(=O)(O)C(CC)(CC)c1cccc(CN2CC(=O)NC2=O)c1. The van der Waals surface area contributed by atoms with E-state index in [2.05, 4.69) is 5.32 Å². The topological polar surface area (TPSA) is 105 Å². The van der Waals surface area contributed by atoms with Crippen LogP contribution in [0.4, 0.5) is 4.79 Å². The molecule has 1 fully saturated rings. The van der Waals surface area contributed by atoms with Crippen LogP contribution < -0.4 is 5.32 Å². The second-order valence-electron chi connectivity index (χ2n) is 6.15. The summed E-state index contributed by atoms with van der Waals surface area (Å²) < 4.78 is 17.8. The monoisotopic (exact) mass is 384 g/mol. The highest BCUT2D eigenvalue weighted by atomic mass is 31.2. The number of imide groups is 1. The van der Waals surface area contributed by atoms with Crippen molar-refractivity contribution in [1.82, 2.24) is 10.2 Å². The van der Waals surface area contributed by atoms with Gasteiger partial charge >= 0.3 is 13.6 Å². The number of carbonyl (C=O) groups is 2. The van der Waals surface area contributed by atoms with Gasteiger partial charge < -0.3 is 9.79 Å². The number of hydrogen-bond acceptors (Lipinski definition) is 5. The summed E-state index contributed by atoms with van der Waals surface area (Å²) in [6.07, 6.45) is 0.743. The molecule has 8 nitrogen and oxygen atoms in total. The van der Waals surface area contributed by atoms with Crippen LogP contribution in [-0.4, -0.2) is 34.9 Å². The molecular formula is C17H25N2O6P. The van der Waals surface area contributed by atoms with Crippen molar-refractivity contribution in [2.75, 3.05) is 13.2 Å². The largest absolute Gasteiger partial charge is 0.365 e. The van der Waals surface area contributed by atoms with Gasteiger partial charge in [0, 0.05) is 6.54 Å². The molecule has 0 saturated carbocycles. The maximum Gasteiger partial charge on any atom is 0.365 e. The second-order valence-corrected chi connectivity index (χ2v) is 8.20. The van der Waals surface area contributed by atoms with Crippen molar-refractivity contribution < 1.29 is 28.6 Å². The van der Waals surface area contributed by atoms with E-state index in [1.807, 2.05) is 13.8 Å². The highest BCUT2D eigenvalue weighted by molar-refractivity contribution is 7.54. The summed E-state index contributed by atoms with van der Waals surface area (Å²) in [5.74, 6) is -0.340. The maximum atomic E-state index is 12.9. The highest BCUT2D eigenvalue weighted by Crippen LogP contribution is 2.64. The minimum Gasteiger partial charge on any atom is -0.322 e. The standard InChI is InChI=1S/C17H25N2O6P/c1-4-17(5-2,26(22,23)25-24-6-3)14-9-7-8-13(10-14)11-19-12-15(20)18-16(19)21/h7-10H,4-6,11-12H2,1-3H3,(H,22,23)(H,18,20,21). The Morgan fingerprint density at radius 3 is 2.50 bits per heavy atom. The third-order valence-corrected chi connectivity index (χ3v) is 6.97. The van der Waals surface area contributed by atoms with Crippen LogP contribution in [0.15, 0.2) is 24.3 Å². The lowest BCUT2D eigenvalue weighted by Crippen LogP contribution is -2.28. The van der Waals surface area contributed by atoms with E-state index in [-0.39, 0.29) is 25.6 Å². The van der Waals surface area contributed by atoms with Crippen molar-refractivity contribution >= 4 is 19.5 Å². The molecule has 1 aliphatic rings. The van der Waals surface area contributed by atoms with Crippen LogP contribution in [-0.2, 0) is 30.6 Å². The molecule has 1 unspecified atom stereocenters. The number of amides is 3. The lowest BCUT2D eigenvalue weighted by Gasteiger charge is -2.35. The van der Waals surface area contributed by atoms with Crippen molar-refractivity contribution in [1.29, 1.82) is 0 Å². The van der Waals surface area contributed by atoms with Crippen LogP contribution in [0.3, 0.4) is 0 Å². The zero-order chi connectivity index (χ0) is 19.4. The zero-order valence-electron chi connectivity index (χ0n) is 15.2. The average molecular weight is 384 g/mol. The molecule has 2 rings (SSSR count). The van der Waals surface area contributed by atoms with Gasteiger partial charge in [0.15, 0.2) is 0 Å². The van der Waals surface area contributed by atoms with Crippen LogP contribution in [0.2, 0.25) is 0 Å². The first-order valence-corrected chi connectivity index (χ1v) is 10.2. The Kier molecular flexibility index (Phi) is 6.58. The van der Waals surface area contributed by atoms with Crippen molar-refractivity contribution in [3.63, 3.8) is 0 Å². The molecule has 1 heterocycles. The van der Waals surface area contributed by atoms with Crippen molar-refractivity contribution in [2.45, 2.75) is 45.3 Å². The Morgan fingerprint density at radius 2 is 1.96 bits per heavy atom. The summed E-state index contributed by atoms with van der Waals surface area (Å²) in [6.45, 7) is 5.70. The summed E-state index contributed by atoms with van der Waals surface area (Å²) in [7, 11) is -4.12. The fourth-order valence-electron chi connectivity index (χ4n) is 3.21. The van der Waals surface area contributed by atoms with Gasteiger partial charge in [0.1, 0.15) is 6.54 Å². The summed E-state index contributed by atoms with van der Waals surface area (Å²) >= 11 is 0. The van der Waals surface area contributed by atoms with Crippen molar-refractivity contribution in [3.05, 3.63) is 35.4 Å². The zero-order valence-corrected chi connectivity index (χ0v) is 16.1. The number of hydrogen-bond donors (Lipinski definition) is 2. The molecule has 1 saturated heterocycles. The Hall–Kier alpha value is -1.73. The molecular weight excluding hydrogens is 359 g/mol. The minimum atomic E-state index is -4.12. The molecule has 1 atom stereocenters. The van der Waals surface area contributed by atoms with E-state index in [1.165, 1.54) is 4.90 Å². The van der Waals surface area contributed by atoms with Crippen LogP contribution in [0.1, 0.15) is 44.7 Å². The van der Waals surface area contributed by atoms with E-state index in [4.69, 9.17) is 9.56 Å². The van der Waals surface area contributed by atoms with Gasteiger partial charge in [0.2, 0.25) is 5.91 Å². The van der Waals surface area contributed by atoms with E-state index in [9.17, 15) is 19.0 Å². The first kappa shape index (κ1) is 20.6. The highest BCUT2D eigenvalue weighted by Gasteiger charge is 2.48. The minimum absolute atomic E-state index is 0.00169. The molecule has 9 heteroatoms. The third-order valence-electron chi connectivity index (χ3n) is 4.69. The summed E-state index contributed by atoms with van der Waals surface area (Å²) in [5.41, 5.74) is 1.39. The molecule has 144 valence electrons. The first-order chi connectivity index (χ1) is 12.3. The Morgan fingerprint density at radius 1 is 1.27 bits per heavy atom. The molecule has 1 aliphatic heterocycles. The van der Waals surface area contributed by atoms with Gasteiger partial charge in [-0.2, -0.15) is 0 Å². The fraction of sp³-hybridized carbons (Fsp3) is 0.529. The number of rotatable bonds is 9. The van der Waals surface area contributed by atoms with Gasteiger partial charge in [-0.1, -0.05) is 38.1 Å². The van der Waals surface area contributed by atoms with E-state index in [0.717, 1.165) is 5.56 Å². The molecule has 1 aromatic carbocycles. The molecule has 0 spiro atoms. The van der Waals surface area contributed by atoms with Crippen molar-refractivity contribution in [2.24, 2.45) is 0 Å². The summed E-state index contributed by atoms with van der Waals surface area (Å²) in [5, 5.41) is 1.11. The van der Waals surface area contributed by atoms with E-state index in [0.29, 0.717) is 18.4 Å². The molecule has 0 aromatic heterocycles. The van der Waals surface area contributed by atoms with E-state index in [1.54, 1.807) is 31.2 Å². The predicted molar refractivity (Wildman–Crippen MR) is 95.2 cm³/mol. The number of urea groups is 1. The Balaban J connectivity index is 2.34. The molecule has 26 heavy (non-hydrogen) atoms. The van der Waals surface area contributed by atoms with E-state index >= 15 is 0 Å². The van der Waals surface area contributed by atoms with Crippen LogP contribution >= 0.6 is 7.60 Å². The lowest BCUT2D eigenvalue weighted by molar-refractivity contribution is -0.211. The summed E-state index contributed by atoms with van der Waals surface area (Å²) in [6, 6.07) is 6.68. The van der Waals surface area contributed by atoms with Crippen LogP contribution in [0.25, 0.3) is 0 Å². The molecule has 2 N–H and O–H groups in total. The number of nitrogens with zero attached hydrogens (tertiary/aromatic N) is 1. The molecule has 0 radical (unpaired) electrons. The van der Waals surface area contributed by atoms with Gasteiger partial charge in [0.05, 0.1) is 11.8 Å². The molecule has 0 bridgehead atoms. The smallest absolute Gasteiger partial charge is 0.322 e. The molecule has 1 aromatic rings. The number of benzene rings is 1. The molecule has 3 amide bonds. The third kappa shape index (κ3) is 3.99. The Bertz CT molecular complexity index is 719. The number of nitrogens with one attached hydrogen (secondary N) is 1.